The molecule has 1 aromatic rings. The van der Waals surface area contributed by atoms with Crippen LogP contribution in [0.2, 0.25) is 5.02 Å². The fourth-order valence-electron chi connectivity index (χ4n) is 2.73. The second kappa shape index (κ2) is 6.07. The van der Waals surface area contributed by atoms with Gasteiger partial charge in [-0.2, -0.15) is 4.99 Å². The fraction of sp³-hybridized carbons (Fsp3) is 0.429. The number of fused-ring (bicyclic) bond motifs is 1. The number of thioether (sulfide) groups is 1. The molecule has 1 aromatic carbocycles. The SMILES string of the molecule is CN1C(=NC(=O)Cc2c(F)cccc2Cl)S[C@@H]2CS(=O)(=O)C[C@H]21. The van der Waals surface area contributed by atoms with E-state index in [4.69, 9.17) is 11.6 Å². The Morgan fingerprint density at radius 3 is 2.87 bits per heavy atom. The molecule has 0 aromatic heterocycles. The zero-order valence-electron chi connectivity index (χ0n) is 12.2. The van der Waals surface area contributed by atoms with Crippen LogP contribution in [0.4, 0.5) is 4.39 Å². The average Bonchev–Trinajstić information content (AvgIpc) is 2.89. The molecule has 2 heterocycles. The van der Waals surface area contributed by atoms with E-state index in [0.29, 0.717) is 5.17 Å². The first-order valence-corrected chi connectivity index (χ1v) is 9.99. The van der Waals surface area contributed by atoms with Gasteiger partial charge < -0.3 is 4.90 Å². The van der Waals surface area contributed by atoms with E-state index < -0.39 is 21.6 Å². The number of carbonyl (C=O) groups is 1. The van der Waals surface area contributed by atoms with E-state index in [1.807, 2.05) is 0 Å². The van der Waals surface area contributed by atoms with Crippen LogP contribution in [-0.2, 0) is 21.1 Å². The summed E-state index contributed by atoms with van der Waals surface area (Å²) in [7, 11) is -1.30. The van der Waals surface area contributed by atoms with Gasteiger partial charge in [-0.1, -0.05) is 29.4 Å². The van der Waals surface area contributed by atoms with Crippen LogP contribution >= 0.6 is 23.4 Å². The number of carbonyl (C=O) groups excluding carboxylic acids is 1. The lowest BCUT2D eigenvalue weighted by atomic mass is 10.1. The summed E-state index contributed by atoms with van der Waals surface area (Å²) < 4.78 is 37.0. The maximum absolute atomic E-state index is 13.7. The Kier molecular flexibility index (Phi) is 4.41. The standard InChI is InChI=1S/C14H14ClFN2O3S2/c1-18-11-6-23(20,21)7-12(11)22-14(18)17-13(19)5-8-9(15)3-2-4-10(8)16/h2-4,11-12H,5-7H2,1H3/t11-,12-/m1/s1. The molecule has 9 heteroatoms. The van der Waals surface area contributed by atoms with Crippen molar-refractivity contribution in [3.8, 4) is 0 Å². The third kappa shape index (κ3) is 3.39. The summed E-state index contributed by atoms with van der Waals surface area (Å²) in [6, 6.07) is 4.08. The van der Waals surface area contributed by atoms with Crippen molar-refractivity contribution < 1.29 is 17.6 Å². The zero-order valence-corrected chi connectivity index (χ0v) is 14.6. The Hall–Kier alpha value is -1.12. The lowest BCUT2D eigenvalue weighted by Gasteiger charge is -2.17. The molecule has 5 nitrogen and oxygen atoms in total. The summed E-state index contributed by atoms with van der Waals surface area (Å²) in [6.07, 6.45) is -0.225. The number of hydrogen-bond acceptors (Lipinski definition) is 4. The third-order valence-electron chi connectivity index (χ3n) is 3.94. The molecule has 0 aliphatic carbocycles. The molecule has 0 unspecified atom stereocenters. The van der Waals surface area contributed by atoms with Crippen molar-refractivity contribution in [2.45, 2.75) is 17.7 Å². The first-order valence-electron chi connectivity index (χ1n) is 6.91. The highest BCUT2D eigenvalue weighted by molar-refractivity contribution is 8.15. The predicted molar refractivity (Wildman–Crippen MR) is 89.1 cm³/mol. The van der Waals surface area contributed by atoms with Gasteiger partial charge in [-0.3, -0.25) is 4.79 Å². The fourth-order valence-corrected chi connectivity index (χ4v) is 6.98. The molecule has 2 aliphatic heterocycles. The van der Waals surface area contributed by atoms with Crippen LogP contribution in [0.3, 0.4) is 0 Å². The molecule has 0 radical (unpaired) electrons. The molecular formula is C14H14ClFN2O3S2. The molecule has 0 N–H and O–H groups in total. The zero-order chi connectivity index (χ0) is 16.8. The molecule has 2 atom stereocenters. The van der Waals surface area contributed by atoms with Crippen molar-refractivity contribution in [1.82, 2.24) is 4.90 Å². The van der Waals surface area contributed by atoms with Gasteiger partial charge in [-0.05, 0) is 12.1 Å². The number of aliphatic imine (C=N–C) groups is 1. The van der Waals surface area contributed by atoms with Crippen LogP contribution in [0.15, 0.2) is 23.2 Å². The molecular weight excluding hydrogens is 363 g/mol. The quantitative estimate of drug-likeness (QED) is 0.786. The molecule has 2 saturated heterocycles. The minimum absolute atomic E-state index is 0.0769. The van der Waals surface area contributed by atoms with Crippen molar-refractivity contribution in [3.63, 3.8) is 0 Å². The van der Waals surface area contributed by atoms with Gasteiger partial charge in [-0.25, -0.2) is 12.8 Å². The van der Waals surface area contributed by atoms with Gasteiger partial charge in [0, 0.05) is 22.9 Å². The van der Waals surface area contributed by atoms with E-state index in [1.165, 1.54) is 30.0 Å². The van der Waals surface area contributed by atoms with Crippen LogP contribution in [0, 0.1) is 5.82 Å². The number of hydrogen-bond donors (Lipinski definition) is 0. The smallest absolute Gasteiger partial charge is 0.252 e. The normalized spacial score (nSPS) is 27.4. The lowest BCUT2D eigenvalue weighted by molar-refractivity contribution is -0.117. The van der Waals surface area contributed by atoms with Gasteiger partial charge >= 0.3 is 0 Å². The first-order chi connectivity index (χ1) is 10.8. The molecule has 124 valence electrons. The number of rotatable bonds is 2. The average molecular weight is 377 g/mol. The van der Waals surface area contributed by atoms with Gasteiger partial charge in [-0.15, -0.1) is 0 Å². The maximum Gasteiger partial charge on any atom is 0.252 e. The van der Waals surface area contributed by atoms with Gasteiger partial charge in [0.1, 0.15) is 5.82 Å². The maximum atomic E-state index is 13.7. The number of sulfone groups is 1. The van der Waals surface area contributed by atoms with Crippen LogP contribution in [0.1, 0.15) is 5.56 Å². The largest absolute Gasteiger partial charge is 0.349 e. The van der Waals surface area contributed by atoms with Gasteiger partial charge in [0.2, 0.25) is 0 Å². The molecule has 2 aliphatic rings. The summed E-state index contributed by atoms with van der Waals surface area (Å²) in [5.74, 6) is -0.873. The van der Waals surface area contributed by atoms with Crippen LogP contribution in [0.5, 0.6) is 0 Å². The summed E-state index contributed by atoms with van der Waals surface area (Å²) in [5.41, 5.74) is 0.122. The van der Waals surface area contributed by atoms with E-state index in [0.717, 1.165) is 0 Å². The van der Waals surface area contributed by atoms with Crippen LogP contribution < -0.4 is 0 Å². The van der Waals surface area contributed by atoms with E-state index in [-0.39, 0.29) is 39.8 Å². The van der Waals surface area contributed by atoms with Crippen molar-refractivity contribution in [2.24, 2.45) is 4.99 Å². The van der Waals surface area contributed by atoms with Crippen molar-refractivity contribution in [1.29, 1.82) is 0 Å². The Morgan fingerprint density at radius 2 is 2.22 bits per heavy atom. The predicted octanol–water partition coefficient (Wildman–Crippen LogP) is 1.75. The summed E-state index contributed by atoms with van der Waals surface area (Å²) in [5, 5.41) is 0.565. The van der Waals surface area contributed by atoms with Gasteiger partial charge in [0.15, 0.2) is 15.0 Å². The van der Waals surface area contributed by atoms with E-state index in [2.05, 4.69) is 4.99 Å². The van der Waals surface area contributed by atoms with E-state index in [1.54, 1.807) is 11.9 Å². The highest BCUT2D eigenvalue weighted by atomic mass is 35.5. The molecule has 0 bridgehead atoms. The van der Waals surface area contributed by atoms with Crippen LogP contribution in [0.25, 0.3) is 0 Å². The molecule has 23 heavy (non-hydrogen) atoms. The third-order valence-corrected chi connectivity index (χ3v) is 7.59. The second-order valence-corrected chi connectivity index (χ2v) is 9.34. The summed E-state index contributed by atoms with van der Waals surface area (Å²) in [4.78, 5) is 17.8. The number of nitrogens with zero attached hydrogens (tertiary/aromatic N) is 2. The second-order valence-electron chi connectivity index (χ2n) is 5.58. The Bertz CT molecular complexity index is 777. The summed E-state index contributed by atoms with van der Waals surface area (Å²) in [6.45, 7) is 0. The van der Waals surface area contributed by atoms with Crippen LogP contribution in [-0.4, -0.2) is 54.2 Å². The highest BCUT2D eigenvalue weighted by Crippen LogP contribution is 2.37. The van der Waals surface area contributed by atoms with E-state index >= 15 is 0 Å². The first kappa shape index (κ1) is 16.7. The van der Waals surface area contributed by atoms with E-state index in [9.17, 15) is 17.6 Å². The molecule has 2 fully saturated rings. The molecule has 0 saturated carbocycles. The number of benzene rings is 1. The molecule has 1 amide bonds. The number of amidine groups is 1. The van der Waals surface area contributed by atoms with Crippen molar-refractivity contribution >= 4 is 44.3 Å². The minimum atomic E-state index is -3.02. The van der Waals surface area contributed by atoms with Gasteiger partial charge in [0.05, 0.1) is 24.0 Å². The minimum Gasteiger partial charge on any atom is -0.349 e. The van der Waals surface area contributed by atoms with Crippen molar-refractivity contribution in [2.75, 3.05) is 18.6 Å². The number of halogens is 2. The number of amides is 1. The Morgan fingerprint density at radius 1 is 1.48 bits per heavy atom. The molecule has 3 rings (SSSR count). The highest BCUT2D eigenvalue weighted by Gasteiger charge is 2.47. The van der Waals surface area contributed by atoms with Crippen molar-refractivity contribution in [3.05, 3.63) is 34.6 Å². The monoisotopic (exact) mass is 376 g/mol. The summed E-state index contributed by atoms with van der Waals surface area (Å²) >= 11 is 7.19. The Balaban J connectivity index is 1.75. The lowest BCUT2D eigenvalue weighted by Crippen LogP contribution is -2.34. The molecule has 0 spiro atoms. The Labute approximate surface area is 142 Å². The topological polar surface area (TPSA) is 66.8 Å². The van der Waals surface area contributed by atoms with Gasteiger partial charge in [0.25, 0.3) is 5.91 Å².